The first kappa shape index (κ1) is 15.9. The van der Waals surface area contributed by atoms with Crippen molar-refractivity contribution in [3.05, 3.63) is 28.5 Å². The molecule has 0 N–H and O–H groups in total. The third-order valence-corrected chi connectivity index (χ3v) is 6.26. The SMILES string of the molecule is CCCN1CCN(S(=O)(=O)c2ccc(F)cc2Br)CC1. The molecule has 1 aliphatic heterocycles. The van der Waals surface area contributed by atoms with E-state index in [4.69, 9.17) is 0 Å². The highest BCUT2D eigenvalue weighted by Gasteiger charge is 2.29. The Morgan fingerprint density at radius 3 is 2.45 bits per heavy atom. The maximum Gasteiger partial charge on any atom is 0.244 e. The fourth-order valence-corrected chi connectivity index (χ4v) is 4.77. The van der Waals surface area contributed by atoms with Crippen LogP contribution in [-0.4, -0.2) is 50.3 Å². The van der Waals surface area contributed by atoms with Crippen LogP contribution in [-0.2, 0) is 10.0 Å². The standard InChI is InChI=1S/C13H18BrFN2O2S/c1-2-5-16-6-8-17(9-7-16)20(18,19)13-4-3-11(15)10-12(13)14/h3-4,10H,2,5-9H2,1H3. The maximum absolute atomic E-state index is 13.1. The summed E-state index contributed by atoms with van der Waals surface area (Å²) in [6, 6.07) is 3.67. The average Bonchev–Trinajstić information content (AvgIpc) is 2.39. The van der Waals surface area contributed by atoms with Crippen LogP contribution in [0.5, 0.6) is 0 Å². The van der Waals surface area contributed by atoms with Gasteiger partial charge in [0.15, 0.2) is 0 Å². The van der Waals surface area contributed by atoms with Crippen LogP contribution in [0.4, 0.5) is 4.39 Å². The summed E-state index contributed by atoms with van der Waals surface area (Å²) < 4.78 is 39.9. The van der Waals surface area contributed by atoms with Crippen molar-refractivity contribution in [1.29, 1.82) is 0 Å². The largest absolute Gasteiger partial charge is 0.301 e. The third kappa shape index (κ3) is 3.39. The molecule has 0 unspecified atom stereocenters. The van der Waals surface area contributed by atoms with E-state index in [1.807, 2.05) is 0 Å². The van der Waals surface area contributed by atoms with Crippen molar-refractivity contribution in [2.75, 3.05) is 32.7 Å². The number of hydrogen-bond donors (Lipinski definition) is 0. The van der Waals surface area contributed by atoms with E-state index in [0.29, 0.717) is 13.1 Å². The second-order valence-corrected chi connectivity index (χ2v) is 7.58. The van der Waals surface area contributed by atoms with Gasteiger partial charge in [-0.15, -0.1) is 0 Å². The molecule has 1 aromatic rings. The van der Waals surface area contributed by atoms with Crippen molar-refractivity contribution >= 4 is 26.0 Å². The summed E-state index contributed by atoms with van der Waals surface area (Å²) in [5, 5.41) is 0. The fourth-order valence-electron chi connectivity index (χ4n) is 2.33. The molecule has 1 aliphatic rings. The van der Waals surface area contributed by atoms with Gasteiger partial charge in [-0.25, -0.2) is 12.8 Å². The van der Waals surface area contributed by atoms with Crippen molar-refractivity contribution < 1.29 is 12.8 Å². The summed E-state index contributed by atoms with van der Waals surface area (Å²) in [6.45, 7) is 5.54. The van der Waals surface area contributed by atoms with E-state index in [1.165, 1.54) is 22.5 Å². The minimum absolute atomic E-state index is 0.128. The highest BCUT2D eigenvalue weighted by atomic mass is 79.9. The Hall–Kier alpha value is -0.500. The topological polar surface area (TPSA) is 40.6 Å². The lowest BCUT2D eigenvalue weighted by Crippen LogP contribution is -2.48. The fraction of sp³-hybridized carbons (Fsp3) is 0.538. The molecule has 1 saturated heterocycles. The van der Waals surface area contributed by atoms with Gasteiger partial charge >= 0.3 is 0 Å². The summed E-state index contributed by atoms with van der Waals surface area (Å²) in [5.74, 6) is -0.455. The summed E-state index contributed by atoms with van der Waals surface area (Å²) in [4.78, 5) is 2.38. The number of piperazine rings is 1. The monoisotopic (exact) mass is 364 g/mol. The highest BCUT2D eigenvalue weighted by Crippen LogP contribution is 2.26. The van der Waals surface area contributed by atoms with E-state index >= 15 is 0 Å². The molecule has 0 atom stereocenters. The second-order valence-electron chi connectivity index (χ2n) is 4.82. The van der Waals surface area contributed by atoms with E-state index in [9.17, 15) is 12.8 Å². The Kier molecular flexibility index (Phi) is 5.17. The van der Waals surface area contributed by atoms with Gasteiger partial charge < -0.3 is 4.90 Å². The predicted octanol–water partition coefficient (Wildman–Crippen LogP) is 2.30. The molecular formula is C13H18BrFN2O2S. The second kappa shape index (κ2) is 6.51. The molecule has 112 valence electrons. The molecule has 20 heavy (non-hydrogen) atoms. The van der Waals surface area contributed by atoms with E-state index < -0.39 is 15.8 Å². The molecule has 0 saturated carbocycles. The number of nitrogens with zero attached hydrogens (tertiary/aromatic N) is 2. The maximum atomic E-state index is 13.1. The minimum atomic E-state index is -3.55. The van der Waals surface area contributed by atoms with Crippen molar-refractivity contribution in [2.45, 2.75) is 18.2 Å². The molecule has 0 bridgehead atoms. The third-order valence-electron chi connectivity index (χ3n) is 3.38. The zero-order valence-corrected chi connectivity index (χ0v) is 13.8. The van der Waals surface area contributed by atoms with Crippen LogP contribution >= 0.6 is 15.9 Å². The predicted molar refractivity (Wildman–Crippen MR) is 79.6 cm³/mol. The molecular weight excluding hydrogens is 347 g/mol. The van der Waals surface area contributed by atoms with Crippen LogP contribution in [0, 0.1) is 5.82 Å². The molecule has 7 heteroatoms. The Morgan fingerprint density at radius 2 is 1.90 bits per heavy atom. The summed E-state index contributed by atoms with van der Waals surface area (Å²) in [5.41, 5.74) is 0. The lowest BCUT2D eigenvalue weighted by molar-refractivity contribution is 0.188. The molecule has 0 aromatic heterocycles. The van der Waals surface area contributed by atoms with Crippen LogP contribution in [0.1, 0.15) is 13.3 Å². The van der Waals surface area contributed by atoms with Crippen LogP contribution in [0.15, 0.2) is 27.6 Å². The zero-order valence-electron chi connectivity index (χ0n) is 11.3. The molecule has 1 aromatic carbocycles. The quantitative estimate of drug-likeness (QED) is 0.822. The average molecular weight is 365 g/mol. The Balaban J connectivity index is 2.15. The van der Waals surface area contributed by atoms with Gasteiger partial charge in [-0.2, -0.15) is 4.31 Å². The minimum Gasteiger partial charge on any atom is -0.301 e. The number of sulfonamides is 1. The molecule has 0 radical (unpaired) electrons. The molecule has 4 nitrogen and oxygen atoms in total. The summed E-state index contributed by atoms with van der Waals surface area (Å²) in [7, 11) is -3.55. The zero-order chi connectivity index (χ0) is 14.8. The van der Waals surface area contributed by atoms with Crippen molar-refractivity contribution in [3.63, 3.8) is 0 Å². The van der Waals surface area contributed by atoms with E-state index in [-0.39, 0.29) is 9.37 Å². The molecule has 0 spiro atoms. The van der Waals surface area contributed by atoms with Gasteiger partial charge in [-0.1, -0.05) is 6.92 Å². The number of benzene rings is 1. The van der Waals surface area contributed by atoms with Gasteiger partial charge in [0.2, 0.25) is 10.0 Å². The first-order chi connectivity index (χ1) is 9.45. The van der Waals surface area contributed by atoms with Crippen LogP contribution in [0.25, 0.3) is 0 Å². The summed E-state index contributed by atoms with van der Waals surface area (Å²) in [6.07, 6.45) is 1.07. The van der Waals surface area contributed by atoms with Crippen LogP contribution in [0.3, 0.4) is 0 Å². The number of halogens is 2. The summed E-state index contributed by atoms with van der Waals surface area (Å²) >= 11 is 3.13. The Labute approximate surface area is 127 Å². The number of hydrogen-bond acceptors (Lipinski definition) is 3. The van der Waals surface area contributed by atoms with Crippen LogP contribution < -0.4 is 0 Å². The smallest absolute Gasteiger partial charge is 0.244 e. The Morgan fingerprint density at radius 1 is 1.25 bits per heavy atom. The first-order valence-electron chi connectivity index (χ1n) is 6.62. The van der Waals surface area contributed by atoms with Gasteiger partial charge in [0.25, 0.3) is 0 Å². The Bertz CT molecular complexity index is 572. The lowest BCUT2D eigenvalue weighted by Gasteiger charge is -2.33. The first-order valence-corrected chi connectivity index (χ1v) is 8.86. The normalized spacial score (nSPS) is 18.4. The molecule has 1 fully saturated rings. The van der Waals surface area contributed by atoms with Gasteiger partial charge in [-0.05, 0) is 47.1 Å². The molecule has 2 rings (SSSR count). The van der Waals surface area contributed by atoms with Crippen LogP contribution in [0.2, 0.25) is 0 Å². The highest BCUT2D eigenvalue weighted by molar-refractivity contribution is 9.10. The van der Waals surface area contributed by atoms with E-state index in [1.54, 1.807) is 0 Å². The van der Waals surface area contributed by atoms with Crippen molar-refractivity contribution in [1.82, 2.24) is 9.21 Å². The lowest BCUT2D eigenvalue weighted by atomic mass is 10.3. The van der Waals surface area contributed by atoms with Crippen molar-refractivity contribution in [3.8, 4) is 0 Å². The van der Waals surface area contributed by atoms with Gasteiger partial charge in [0, 0.05) is 30.7 Å². The number of rotatable bonds is 4. The molecule has 0 aliphatic carbocycles. The van der Waals surface area contributed by atoms with Crippen molar-refractivity contribution in [2.24, 2.45) is 0 Å². The van der Waals surface area contributed by atoms with E-state index in [0.717, 1.165) is 26.1 Å². The van der Waals surface area contributed by atoms with E-state index in [2.05, 4.69) is 27.8 Å². The van der Waals surface area contributed by atoms with Gasteiger partial charge in [0.1, 0.15) is 5.82 Å². The molecule has 0 amide bonds. The van der Waals surface area contributed by atoms with Gasteiger partial charge in [0.05, 0.1) is 4.90 Å². The van der Waals surface area contributed by atoms with Gasteiger partial charge in [-0.3, -0.25) is 0 Å². The molecule has 1 heterocycles.